The van der Waals surface area contributed by atoms with Crippen LogP contribution in [0.25, 0.3) is 0 Å². The van der Waals surface area contributed by atoms with Crippen LogP contribution in [0, 0.1) is 0 Å². The summed E-state index contributed by atoms with van der Waals surface area (Å²) in [6.07, 6.45) is -10.2. The van der Waals surface area contributed by atoms with Gasteiger partial charge in [-0.15, -0.1) is 0 Å². The molecule has 28 heavy (non-hydrogen) atoms. The van der Waals surface area contributed by atoms with E-state index in [9.17, 15) is 61.6 Å². The van der Waals surface area contributed by atoms with E-state index < -0.39 is 63.2 Å². The lowest BCUT2D eigenvalue weighted by molar-refractivity contribution is -0.440. The van der Waals surface area contributed by atoms with E-state index in [0.29, 0.717) is 0 Å². The van der Waals surface area contributed by atoms with E-state index >= 15 is 0 Å². The summed E-state index contributed by atoms with van der Waals surface area (Å²) in [5, 5.41) is 0. The van der Waals surface area contributed by atoms with E-state index in [4.69, 9.17) is 4.89 Å². The average Bonchev–Trinajstić information content (AvgIpc) is 2.44. The Morgan fingerprint density at radius 3 is 1.46 bits per heavy atom. The quantitative estimate of drug-likeness (QED) is 0.348. The molecule has 0 aromatic carbocycles. The van der Waals surface area contributed by atoms with Crippen LogP contribution in [0.2, 0.25) is 0 Å². The largest absolute Gasteiger partial charge is 0.472 e. The number of halogens is 13. The lowest BCUT2D eigenvalue weighted by Gasteiger charge is -2.39. The number of phosphoric ester groups is 1. The third-order valence-electron chi connectivity index (χ3n) is 2.96. The molecule has 0 fully saturated rings. The number of hydrogen-bond donors (Lipinski definition) is 1. The first-order valence-electron chi connectivity index (χ1n) is 6.59. The molecule has 1 unspecified atom stereocenters. The fraction of sp³-hybridized carbons (Fsp3) is 1.00. The van der Waals surface area contributed by atoms with Crippen molar-refractivity contribution in [3.8, 4) is 0 Å². The summed E-state index contributed by atoms with van der Waals surface area (Å²) in [4.78, 5) is 8.79. The second-order valence-corrected chi connectivity index (χ2v) is 6.42. The van der Waals surface area contributed by atoms with Gasteiger partial charge in [-0.2, -0.15) is 57.1 Å². The van der Waals surface area contributed by atoms with E-state index in [2.05, 4.69) is 9.05 Å². The minimum atomic E-state index is -8.00. The van der Waals surface area contributed by atoms with E-state index in [0.717, 1.165) is 6.92 Å². The predicted octanol–water partition coefficient (Wildman–Crippen LogP) is 5.27. The molecule has 0 aliphatic rings. The molecule has 0 radical (unpaired) electrons. The molecule has 0 bridgehead atoms. The van der Waals surface area contributed by atoms with Gasteiger partial charge in [0, 0.05) is 6.42 Å². The molecule has 170 valence electrons. The maximum atomic E-state index is 13.3. The third kappa shape index (κ3) is 4.67. The highest BCUT2D eigenvalue weighted by Gasteiger charge is 2.90. The van der Waals surface area contributed by atoms with Crippen LogP contribution in [-0.4, -0.2) is 53.9 Å². The van der Waals surface area contributed by atoms with Crippen LogP contribution in [0.4, 0.5) is 57.1 Å². The van der Waals surface area contributed by atoms with E-state index in [1.54, 1.807) is 0 Å². The smallest absolute Gasteiger partial charge is 0.302 e. The van der Waals surface area contributed by atoms with Crippen LogP contribution in [0.15, 0.2) is 0 Å². The minimum absolute atomic E-state index is 0.586. The number of hydrogen-bond acceptors (Lipinski definition) is 3. The molecular formula is C10H10F13O4P. The molecule has 0 heterocycles. The van der Waals surface area contributed by atoms with Crippen molar-refractivity contribution in [3.05, 3.63) is 0 Å². The Morgan fingerprint density at radius 1 is 0.714 bits per heavy atom. The number of rotatable bonds is 10. The van der Waals surface area contributed by atoms with Gasteiger partial charge < -0.3 is 4.89 Å². The second-order valence-electron chi connectivity index (χ2n) is 4.97. The summed E-state index contributed by atoms with van der Waals surface area (Å²) in [5.74, 6) is -37.6. The summed E-state index contributed by atoms with van der Waals surface area (Å²) in [6.45, 7) is -1.54. The highest BCUT2D eigenvalue weighted by molar-refractivity contribution is 7.47. The molecule has 0 amide bonds. The molecule has 0 spiro atoms. The van der Waals surface area contributed by atoms with Crippen molar-refractivity contribution >= 4 is 7.82 Å². The van der Waals surface area contributed by atoms with Crippen LogP contribution < -0.4 is 0 Å². The van der Waals surface area contributed by atoms with Crippen LogP contribution in [-0.2, 0) is 13.6 Å². The van der Waals surface area contributed by atoms with Crippen molar-refractivity contribution in [2.24, 2.45) is 0 Å². The summed E-state index contributed by atoms with van der Waals surface area (Å²) in [6, 6.07) is 0. The molecule has 0 aliphatic carbocycles. The Balaban J connectivity index is 5.77. The molecule has 0 aromatic heterocycles. The normalized spacial score (nSPS) is 17.5. The van der Waals surface area contributed by atoms with Gasteiger partial charge in [0.25, 0.3) is 0 Å². The van der Waals surface area contributed by atoms with Gasteiger partial charge in [-0.1, -0.05) is 0 Å². The summed E-state index contributed by atoms with van der Waals surface area (Å²) >= 11 is 0. The minimum Gasteiger partial charge on any atom is -0.302 e. The molecule has 18 heteroatoms. The third-order valence-corrected chi connectivity index (χ3v) is 4.05. The maximum absolute atomic E-state index is 13.3. The van der Waals surface area contributed by atoms with Crippen molar-refractivity contribution in [1.82, 2.24) is 0 Å². The van der Waals surface area contributed by atoms with Crippen LogP contribution in [0.3, 0.4) is 0 Å². The van der Waals surface area contributed by atoms with Crippen LogP contribution in [0.1, 0.15) is 13.3 Å². The van der Waals surface area contributed by atoms with Crippen molar-refractivity contribution in [1.29, 1.82) is 0 Å². The van der Waals surface area contributed by atoms with Crippen molar-refractivity contribution in [2.45, 2.75) is 49.1 Å². The first kappa shape index (κ1) is 27.2. The molecule has 0 aromatic rings. The average molecular weight is 472 g/mol. The summed E-state index contributed by atoms with van der Waals surface area (Å²) < 4.78 is 184. The Kier molecular flexibility index (Phi) is 7.57. The molecule has 1 N–H and O–H groups in total. The van der Waals surface area contributed by atoms with Crippen molar-refractivity contribution in [2.75, 3.05) is 13.2 Å². The fourth-order valence-corrected chi connectivity index (χ4v) is 2.17. The second kappa shape index (κ2) is 7.80. The zero-order valence-corrected chi connectivity index (χ0v) is 14.0. The topological polar surface area (TPSA) is 55.8 Å². The Morgan fingerprint density at radius 2 is 1.11 bits per heavy atom. The van der Waals surface area contributed by atoms with E-state index in [-0.39, 0.29) is 0 Å². The van der Waals surface area contributed by atoms with Gasteiger partial charge in [0.05, 0.1) is 13.2 Å². The summed E-state index contributed by atoms with van der Waals surface area (Å²) in [7, 11) is -5.14. The van der Waals surface area contributed by atoms with E-state index in [1.165, 1.54) is 0 Å². The summed E-state index contributed by atoms with van der Waals surface area (Å²) in [5.41, 5.74) is 0. The zero-order chi connectivity index (χ0) is 23.0. The van der Waals surface area contributed by atoms with Gasteiger partial charge >= 0.3 is 43.6 Å². The van der Waals surface area contributed by atoms with Crippen LogP contribution >= 0.6 is 7.82 Å². The zero-order valence-electron chi connectivity index (χ0n) is 13.2. The first-order chi connectivity index (χ1) is 12.0. The molecule has 0 rings (SSSR count). The SMILES string of the molecule is CCOP(=O)(O)OCCC(F)(F)C(F)(F)C(F)(F)C(F)(F)C(F)(F)C(F)(F)F. The molecule has 4 nitrogen and oxygen atoms in total. The molecule has 0 aliphatic heterocycles. The maximum Gasteiger partial charge on any atom is 0.472 e. The van der Waals surface area contributed by atoms with Gasteiger partial charge in [0.2, 0.25) is 0 Å². The van der Waals surface area contributed by atoms with Gasteiger partial charge in [-0.25, -0.2) is 4.57 Å². The van der Waals surface area contributed by atoms with Crippen LogP contribution in [0.5, 0.6) is 0 Å². The van der Waals surface area contributed by atoms with Gasteiger partial charge in [0.1, 0.15) is 0 Å². The Labute approximate surface area is 147 Å². The van der Waals surface area contributed by atoms with Gasteiger partial charge in [-0.3, -0.25) is 9.05 Å². The predicted molar refractivity (Wildman–Crippen MR) is 62.8 cm³/mol. The Hall–Kier alpha value is -0.800. The first-order valence-corrected chi connectivity index (χ1v) is 8.09. The van der Waals surface area contributed by atoms with E-state index in [1.807, 2.05) is 0 Å². The molecular weight excluding hydrogens is 462 g/mol. The highest BCUT2D eigenvalue weighted by Crippen LogP contribution is 2.60. The monoisotopic (exact) mass is 472 g/mol. The van der Waals surface area contributed by atoms with Gasteiger partial charge in [-0.05, 0) is 6.92 Å². The Bertz CT molecular complexity index is 588. The molecule has 1 atom stereocenters. The van der Waals surface area contributed by atoms with Gasteiger partial charge in [0.15, 0.2) is 0 Å². The fourth-order valence-electron chi connectivity index (χ4n) is 1.45. The lowest BCUT2D eigenvalue weighted by atomic mass is 9.93. The molecule has 0 saturated carbocycles. The highest BCUT2D eigenvalue weighted by atomic mass is 31.2. The van der Waals surface area contributed by atoms with Crippen molar-refractivity contribution in [3.63, 3.8) is 0 Å². The van der Waals surface area contributed by atoms with Crippen molar-refractivity contribution < 1.29 is 75.6 Å². The molecule has 0 saturated heterocycles. The standard InChI is InChI=1S/C10H10F13O4P/c1-2-26-28(24,25)27-4-3-5(11,12)6(13,14)7(15,16)8(17,18)9(19,20)10(21,22)23/h2-4H2,1H3,(H,24,25). The number of alkyl halides is 13. The number of phosphoric acid groups is 1. The lowest BCUT2D eigenvalue weighted by Crippen LogP contribution is -2.70.